The van der Waals surface area contributed by atoms with Crippen molar-refractivity contribution in [1.82, 2.24) is 30.3 Å². The molecule has 2 saturated heterocycles. The Bertz CT molecular complexity index is 1310. The van der Waals surface area contributed by atoms with Gasteiger partial charge < -0.3 is 25.1 Å². The molecule has 2 aliphatic heterocycles. The third kappa shape index (κ3) is 4.62. The second-order valence-electron chi connectivity index (χ2n) is 10.4. The minimum atomic E-state index is -0.850. The Hall–Kier alpha value is -3.99. The molecule has 3 N–H and O–H groups in total. The number of aliphatic hydroxyl groups excluding tert-OH is 1. The number of H-pyrrole nitrogens is 1. The minimum absolute atomic E-state index is 0.105. The van der Waals surface area contributed by atoms with E-state index >= 15 is 0 Å². The molecule has 2 fully saturated rings. The molecule has 11 heteroatoms. The molecule has 0 unspecified atom stereocenters. The fourth-order valence-electron chi connectivity index (χ4n) is 5.17. The van der Waals surface area contributed by atoms with E-state index < -0.39 is 11.1 Å². The van der Waals surface area contributed by atoms with Gasteiger partial charge in [-0.15, -0.1) is 0 Å². The molecular weight excluding hydrogens is 474 g/mol. The first-order chi connectivity index (χ1) is 17.7. The van der Waals surface area contributed by atoms with Crippen molar-refractivity contribution >= 4 is 34.4 Å². The summed E-state index contributed by atoms with van der Waals surface area (Å²) in [5.74, 6) is -0.585. The van der Waals surface area contributed by atoms with E-state index in [1.54, 1.807) is 42.1 Å². The number of carbonyl (C=O) groups is 3. The number of anilines is 1. The number of aromatic nitrogens is 3. The Balaban J connectivity index is 1.35. The van der Waals surface area contributed by atoms with Gasteiger partial charge in [-0.05, 0) is 44.9 Å². The van der Waals surface area contributed by atoms with Gasteiger partial charge in [0.15, 0.2) is 5.65 Å². The van der Waals surface area contributed by atoms with Crippen LogP contribution in [0.4, 0.5) is 5.69 Å². The van der Waals surface area contributed by atoms with Gasteiger partial charge >= 0.3 is 0 Å². The van der Waals surface area contributed by atoms with Gasteiger partial charge in [-0.2, -0.15) is 5.10 Å². The number of pyridine rings is 1. The Morgan fingerprint density at radius 1 is 1.16 bits per heavy atom. The molecule has 3 aromatic rings. The average Bonchev–Trinajstić information content (AvgIpc) is 3.47. The molecule has 2 aliphatic rings. The highest BCUT2D eigenvalue weighted by Crippen LogP contribution is 2.39. The number of nitrogens with one attached hydrogen (secondary N) is 2. The van der Waals surface area contributed by atoms with Crippen LogP contribution in [0.2, 0.25) is 0 Å². The normalized spacial score (nSPS) is 17.6. The standard InChI is InChI=1S/C26H31N7O4/c1-25(2,16-34)29-21(35)15-32-17-33(20-6-4-3-5-7-20)26(24(32)37)8-10-31(11-9-26)23(36)19-12-18-14-28-30-22(18)27-13-19/h3-7,12-14,34H,8-11,15-17H2,1-2H3,(H,29,35)(H,27,28,30). The monoisotopic (exact) mass is 505 g/mol. The van der Waals surface area contributed by atoms with Crippen LogP contribution in [0.25, 0.3) is 11.0 Å². The number of benzene rings is 1. The predicted octanol–water partition coefficient (Wildman–Crippen LogP) is 1.13. The third-order valence-electron chi connectivity index (χ3n) is 7.21. The van der Waals surface area contributed by atoms with E-state index in [9.17, 15) is 19.5 Å². The number of amides is 3. The summed E-state index contributed by atoms with van der Waals surface area (Å²) in [6, 6.07) is 11.4. The van der Waals surface area contributed by atoms with Crippen molar-refractivity contribution in [3.8, 4) is 0 Å². The Kier molecular flexibility index (Phi) is 6.32. The zero-order valence-electron chi connectivity index (χ0n) is 21.0. The maximum Gasteiger partial charge on any atom is 0.255 e. The molecule has 3 amide bonds. The Labute approximate surface area is 214 Å². The van der Waals surface area contributed by atoms with Crippen molar-refractivity contribution in [2.45, 2.75) is 37.8 Å². The van der Waals surface area contributed by atoms with Crippen molar-refractivity contribution in [2.75, 3.05) is 37.8 Å². The summed E-state index contributed by atoms with van der Waals surface area (Å²) in [7, 11) is 0. The molecule has 0 bridgehead atoms. The number of aromatic amines is 1. The maximum absolute atomic E-state index is 13.8. The van der Waals surface area contributed by atoms with E-state index in [-0.39, 0.29) is 37.5 Å². The number of aliphatic hydroxyl groups is 1. The van der Waals surface area contributed by atoms with E-state index in [1.807, 2.05) is 30.3 Å². The number of hydrogen-bond acceptors (Lipinski definition) is 7. The Morgan fingerprint density at radius 3 is 2.59 bits per heavy atom. The summed E-state index contributed by atoms with van der Waals surface area (Å²) in [5.41, 5.74) is 0.362. The lowest BCUT2D eigenvalue weighted by Gasteiger charge is -2.43. The van der Waals surface area contributed by atoms with Crippen LogP contribution in [0.3, 0.4) is 0 Å². The summed E-state index contributed by atoms with van der Waals surface area (Å²) in [4.78, 5) is 49.4. The SMILES string of the molecule is CC(C)(CO)NC(=O)CN1CN(c2ccccc2)C2(CCN(C(=O)c3cnc4[nH]ncc4c3)CC2)C1=O. The molecule has 0 radical (unpaired) electrons. The molecule has 2 aromatic heterocycles. The maximum atomic E-state index is 13.8. The number of para-hydroxylation sites is 1. The fourth-order valence-corrected chi connectivity index (χ4v) is 5.17. The van der Waals surface area contributed by atoms with E-state index in [4.69, 9.17) is 0 Å². The summed E-state index contributed by atoms with van der Waals surface area (Å²) in [6.07, 6.45) is 4.05. The number of carbonyl (C=O) groups excluding carboxylic acids is 3. The van der Waals surface area contributed by atoms with Gasteiger partial charge in [0, 0.05) is 30.4 Å². The van der Waals surface area contributed by atoms with Crippen molar-refractivity contribution in [3.05, 3.63) is 54.4 Å². The van der Waals surface area contributed by atoms with Crippen molar-refractivity contribution in [3.63, 3.8) is 0 Å². The summed E-state index contributed by atoms with van der Waals surface area (Å²) < 4.78 is 0. The number of rotatable bonds is 6. The first kappa shape index (κ1) is 24.7. The largest absolute Gasteiger partial charge is 0.394 e. The van der Waals surface area contributed by atoms with Gasteiger partial charge in [-0.3, -0.25) is 19.5 Å². The second-order valence-corrected chi connectivity index (χ2v) is 10.4. The molecule has 194 valence electrons. The molecule has 0 saturated carbocycles. The van der Waals surface area contributed by atoms with Crippen LogP contribution < -0.4 is 10.2 Å². The number of piperidine rings is 1. The van der Waals surface area contributed by atoms with E-state index in [2.05, 4.69) is 25.4 Å². The first-order valence-corrected chi connectivity index (χ1v) is 12.3. The van der Waals surface area contributed by atoms with Gasteiger partial charge in [0.1, 0.15) is 12.1 Å². The van der Waals surface area contributed by atoms with Crippen LogP contribution >= 0.6 is 0 Å². The van der Waals surface area contributed by atoms with Gasteiger partial charge in [-0.25, -0.2) is 4.98 Å². The van der Waals surface area contributed by atoms with Crippen LogP contribution in [-0.4, -0.2) is 91.8 Å². The van der Waals surface area contributed by atoms with Gasteiger partial charge in [0.25, 0.3) is 11.8 Å². The highest BCUT2D eigenvalue weighted by molar-refractivity contribution is 5.98. The quantitative estimate of drug-likeness (QED) is 0.457. The molecule has 11 nitrogen and oxygen atoms in total. The lowest BCUT2D eigenvalue weighted by Crippen LogP contribution is -2.57. The number of fused-ring (bicyclic) bond motifs is 1. The molecular formula is C26H31N7O4. The molecule has 37 heavy (non-hydrogen) atoms. The van der Waals surface area contributed by atoms with Crippen LogP contribution in [0.5, 0.6) is 0 Å². The predicted molar refractivity (Wildman–Crippen MR) is 137 cm³/mol. The first-order valence-electron chi connectivity index (χ1n) is 12.3. The lowest BCUT2D eigenvalue weighted by molar-refractivity contribution is -0.137. The number of nitrogens with zero attached hydrogens (tertiary/aromatic N) is 5. The van der Waals surface area contributed by atoms with Crippen molar-refractivity contribution in [2.24, 2.45) is 0 Å². The topological polar surface area (TPSA) is 135 Å². The smallest absolute Gasteiger partial charge is 0.255 e. The molecule has 5 rings (SSSR count). The zero-order valence-corrected chi connectivity index (χ0v) is 21.0. The van der Waals surface area contributed by atoms with Crippen LogP contribution in [-0.2, 0) is 9.59 Å². The van der Waals surface area contributed by atoms with Gasteiger partial charge in [-0.1, -0.05) is 18.2 Å². The van der Waals surface area contributed by atoms with Crippen LogP contribution in [0, 0.1) is 0 Å². The van der Waals surface area contributed by atoms with Gasteiger partial charge in [0.05, 0.1) is 30.6 Å². The number of likely N-dealkylation sites (tertiary alicyclic amines) is 1. The highest BCUT2D eigenvalue weighted by Gasteiger charge is 2.54. The average molecular weight is 506 g/mol. The number of hydrogen-bond donors (Lipinski definition) is 3. The van der Waals surface area contributed by atoms with Gasteiger partial charge in [0.2, 0.25) is 5.91 Å². The zero-order chi connectivity index (χ0) is 26.2. The summed E-state index contributed by atoms with van der Waals surface area (Å²) in [6.45, 7) is 4.20. The minimum Gasteiger partial charge on any atom is -0.394 e. The van der Waals surface area contributed by atoms with Crippen molar-refractivity contribution in [1.29, 1.82) is 0 Å². The summed E-state index contributed by atoms with van der Waals surface area (Å²) >= 11 is 0. The highest BCUT2D eigenvalue weighted by atomic mass is 16.3. The molecule has 1 aromatic carbocycles. The van der Waals surface area contributed by atoms with E-state index in [0.717, 1.165) is 11.1 Å². The third-order valence-corrected chi connectivity index (χ3v) is 7.21. The Morgan fingerprint density at radius 2 is 1.89 bits per heavy atom. The summed E-state index contributed by atoms with van der Waals surface area (Å²) in [5, 5.41) is 19.8. The molecule has 0 aliphatic carbocycles. The van der Waals surface area contributed by atoms with E-state index in [1.165, 1.54) is 0 Å². The molecule has 1 spiro atoms. The van der Waals surface area contributed by atoms with Crippen LogP contribution in [0.1, 0.15) is 37.0 Å². The molecule has 4 heterocycles. The second kappa shape index (κ2) is 9.47. The molecule has 0 atom stereocenters. The lowest BCUT2D eigenvalue weighted by atomic mass is 9.85. The fraction of sp³-hybridized carbons (Fsp3) is 0.423. The van der Waals surface area contributed by atoms with E-state index in [0.29, 0.717) is 37.1 Å². The van der Waals surface area contributed by atoms with Crippen LogP contribution in [0.15, 0.2) is 48.8 Å². The van der Waals surface area contributed by atoms with Crippen molar-refractivity contribution < 1.29 is 19.5 Å².